The van der Waals surface area contributed by atoms with Crippen LogP contribution in [0.2, 0.25) is 0 Å². The number of hydrogen-bond donors (Lipinski definition) is 2. The number of rotatable bonds is 3. The van der Waals surface area contributed by atoms with E-state index in [2.05, 4.69) is 5.10 Å². The molecule has 0 amide bonds. The predicted octanol–water partition coefficient (Wildman–Crippen LogP) is 2.01. The summed E-state index contributed by atoms with van der Waals surface area (Å²) in [5, 5.41) is 13.2. The lowest BCUT2D eigenvalue weighted by molar-refractivity contribution is 0.0687. The second-order valence-corrected chi connectivity index (χ2v) is 4.64. The molecule has 0 aliphatic heterocycles. The van der Waals surface area contributed by atoms with Gasteiger partial charge in [-0.25, -0.2) is 9.48 Å². The molecule has 88 valence electrons. The van der Waals surface area contributed by atoms with Crippen molar-refractivity contribution < 1.29 is 9.90 Å². The van der Waals surface area contributed by atoms with Crippen LogP contribution in [0.3, 0.4) is 0 Å². The topological polar surface area (TPSA) is 81.1 Å². The number of carboxylic acid groups (broad SMARTS) is 1. The maximum absolute atomic E-state index is 11.1. The Kier molecular flexibility index (Phi) is 2.61. The van der Waals surface area contributed by atoms with E-state index < -0.39 is 5.97 Å². The molecule has 0 atom stereocenters. The van der Waals surface area contributed by atoms with Gasteiger partial charge in [0, 0.05) is 5.56 Å². The highest BCUT2D eigenvalue weighted by atomic mass is 16.4. The van der Waals surface area contributed by atoms with Gasteiger partial charge in [-0.2, -0.15) is 5.10 Å². The molecule has 3 N–H and O–H groups in total. The minimum absolute atomic E-state index is 0.0833. The smallest absolute Gasteiger partial charge is 0.356 e. The van der Waals surface area contributed by atoms with E-state index >= 15 is 0 Å². The maximum atomic E-state index is 11.1. The SMILES string of the molecule is CC(C)c1c(C(=O)O)nn(C2CCC2)c1N. The summed E-state index contributed by atoms with van der Waals surface area (Å²) >= 11 is 0. The van der Waals surface area contributed by atoms with E-state index in [0.29, 0.717) is 17.4 Å². The lowest BCUT2D eigenvalue weighted by Crippen LogP contribution is -2.20. The van der Waals surface area contributed by atoms with Crippen molar-refractivity contribution in [1.82, 2.24) is 9.78 Å². The van der Waals surface area contributed by atoms with Crippen LogP contribution in [0.4, 0.5) is 5.82 Å². The summed E-state index contributed by atoms with van der Waals surface area (Å²) in [5.41, 5.74) is 6.77. The van der Waals surface area contributed by atoms with Gasteiger partial charge in [-0.1, -0.05) is 13.8 Å². The highest BCUT2D eigenvalue weighted by molar-refractivity contribution is 5.89. The van der Waals surface area contributed by atoms with Crippen LogP contribution in [-0.2, 0) is 0 Å². The fourth-order valence-corrected chi connectivity index (χ4v) is 2.10. The molecular formula is C11H17N3O2. The van der Waals surface area contributed by atoms with Gasteiger partial charge in [-0.15, -0.1) is 0 Å². The Hall–Kier alpha value is -1.52. The molecule has 0 unspecified atom stereocenters. The van der Waals surface area contributed by atoms with Gasteiger partial charge >= 0.3 is 5.97 Å². The zero-order chi connectivity index (χ0) is 11.9. The summed E-state index contributed by atoms with van der Waals surface area (Å²) in [5.74, 6) is -0.384. The van der Waals surface area contributed by atoms with Gasteiger partial charge in [-0.05, 0) is 25.2 Å². The summed E-state index contributed by atoms with van der Waals surface area (Å²) in [7, 11) is 0. The number of nitrogen functional groups attached to an aromatic ring is 1. The van der Waals surface area contributed by atoms with Crippen molar-refractivity contribution in [3.63, 3.8) is 0 Å². The van der Waals surface area contributed by atoms with E-state index in [1.54, 1.807) is 4.68 Å². The Morgan fingerprint density at radius 3 is 2.50 bits per heavy atom. The molecule has 0 spiro atoms. The summed E-state index contributed by atoms with van der Waals surface area (Å²) in [6.45, 7) is 3.87. The minimum atomic E-state index is -0.992. The molecule has 5 heteroatoms. The number of aromatic nitrogens is 2. The van der Waals surface area contributed by atoms with Crippen LogP contribution < -0.4 is 5.73 Å². The largest absolute Gasteiger partial charge is 0.476 e. The molecule has 1 aromatic rings. The van der Waals surface area contributed by atoms with Gasteiger partial charge in [0.05, 0.1) is 6.04 Å². The van der Waals surface area contributed by atoms with Crippen LogP contribution in [0.1, 0.15) is 61.1 Å². The molecule has 0 aromatic carbocycles. The second-order valence-electron chi connectivity index (χ2n) is 4.64. The first-order chi connectivity index (χ1) is 7.52. The van der Waals surface area contributed by atoms with Gasteiger partial charge in [0.25, 0.3) is 0 Å². The number of nitrogens with zero attached hydrogens (tertiary/aromatic N) is 2. The highest BCUT2D eigenvalue weighted by Gasteiger charge is 2.28. The molecule has 0 bridgehead atoms. The quantitative estimate of drug-likeness (QED) is 0.821. The lowest BCUT2D eigenvalue weighted by atomic mass is 9.93. The molecule has 16 heavy (non-hydrogen) atoms. The highest BCUT2D eigenvalue weighted by Crippen LogP contribution is 2.36. The van der Waals surface area contributed by atoms with E-state index in [-0.39, 0.29) is 11.6 Å². The van der Waals surface area contributed by atoms with Crippen LogP contribution in [-0.4, -0.2) is 20.9 Å². The van der Waals surface area contributed by atoms with Gasteiger partial charge in [0.1, 0.15) is 5.82 Å². The van der Waals surface area contributed by atoms with Crippen molar-refractivity contribution >= 4 is 11.8 Å². The van der Waals surface area contributed by atoms with Gasteiger partial charge in [0.15, 0.2) is 5.69 Å². The lowest BCUT2D eigenvalue weighted by Gasteiger charge is -2.26. The van der Waals surface area contributed by atoms with Crippen molar-refractivity contribution in [1.29, 1.82) is 0 Å². The van der Waals surface area contributed by atoms with Crippen LogP contribution in [0, 0.1) is 0 Å². The molecule has 1 heterocycles. The Bertz CT molecular complexity index is 419. The number of hydrogen-bond acceptors (Lipinski definition) is 3. The fraction of sp³-hybridized carbons (Fsp3) is 0.636. The Morgan fingerprint density at radius 2 is 2.19 bits per heavy atom. The number of carboxylic acids is 1. The monoisotopic (exact) mass is 223 g/mol. The average molecular weight is 223 g/mol. The summed E-state index contributed by atoms with van der Waals surface area (Å²) in [6.07, 6.45) is 3.26. The first kappa shape index (κ1) is 11.0. The summed E-state index contributed by atoms with van der Waals surface area (Å²) in [4.78, 5) is 11.1. The molecule has 2 rings (SSSR count). The maximum Gasteiger partial charge on any atom is 0.356 e. The van der Waals surface area contributed by atoms with Crippen LogP contribution in [0.5, 0.6) is 0 Å². The zero-order valence-electron chi connectivity index (χ0n) is 9.60. The Morgan fingerprint density at radius 1 is 1.56 bits per heavy atom. The third-order valence-corrected chi connectivity index (χ3v) is 3.19. The van der Waals surface area contributed by atoms with Gasteiger partial charge in [0.2, 0.25) is 0 Å². The van der Waals surface area contributed by atoms with Gasteiger partial charge < -0.3 is 10.8 Å². The van der Waals surface area contributed by atoms with Crippen LogP contribution in [0.15, 0.2) is 0 Å². The minimum Gasteiger partial charge on any atom is -0.476 e. The van der Waals surface area contributed by atoms with Crippen molar-refractivity contribution in [2.24, 2.45) is 0 Å². The van der Waals surface area contributed by atoms with Crippen LogP contribution >= 0.6 is 0 Å². The zero-order valence-corrected chi connectivity index (χ0v) is 9.60. The van der Waals surface area contributed by atoms with E-state index in [9.17, 15) is 4.79 Å². The van der Waals surface area contributed by atoms with E-state index in [0.717, 1.165) is 12.8 Å². The fourth-order valence-electron chi connectivity index (χ4n) is 2.10. The predicted molar refractivity (Wildman–Crippen MR) is 60.6 cm³/mol. The van der Waals surface area contributed by atoms with Crippen molar-refractivity contribution in [3.05, 3.63) is 11.3 Å². The van der Waals surface area contributed by atoms with Gasteiger partial charge in [-0.3, -0.25) is 0 Å². The molecule has 1 aliphatic rings. The molecule has 0 radical (unpaired) electrons. The average Bonchev–Trinajstić information content (AvgIpc) is 2.41. The summed E-state index contributed by atoms with van der Waals surface area (Å²) < 4.78 is 1.70. The standard InChI is InChI=1S/C11H17N3O2/c1-6(2)8-9(11(15)16)13-14(10(8)12)7-4-3-5-7/h6-7H,3-5,12H2,1-2H3,(H,15,16). The third-order valence-electron chi connectivity index (χ3n) is 3.19. The normalized spacial score (nSPS) is 16.4. The first-order valence-corrected chi connectivity index (χ1v) is 5.63. The number of anilines is 1. The van der Waals surface area contributed by atoms with E-state index in [1.807, 2.05) is 13.8 Å². The Balaban J connectivity index is 2.48. The van der Waals surface area contributed by atoms with Crippen molar-refractivity contribution in [3.8, 4) is 0 Å². The number of carbonyl (C=O) groups is 1. The Labute approximate surface area is 94.2 Å². The molecule has 1 saturated carbocycles. The molecule has 1 fully saturated rings. The molecule has 1 aliphatic carbocycles. The number of nitrogens with two attached hydrogens (primary N) is 1. The second kappa shape index (κ2) is 3.81. The van der Waals surface area contributed by atoms with Crippen molar-refractivity contribution in [2.45, 2.75) is 45.1 Å². The van der Waals surface area contributed by atoms with Crippen LogP contribution in [0.25, 0.3) is 0 Å². The molecule has 0 saturated heterocycles. The number of aromatic carboxylic acids is 1. The van der Waals surface area contributed by atoms with E-state index in [1.165, 1.54) is 6.42 Å². The van der Waals surface area contributed by atoms with E-state index in [4.69, 9.17) is 10.8 Å². The third kappa shape index (κ3) is 1.56. The molecular weight excluding hydrogens is 206 g/mol. The van der Waals surface area contributed by atoms with Crippen molar-refractivity contribution in [2.75, 3.05) is 5.73 Å². The molecule has 5 nitrogen and oxygen atoms in total. The summed E-state index contributed by atoms with van der Waals surface area (Å²) in [6, 6.07) is 0.297. The molecule has 1 aromatic heterocycles. The first-order valence-electron chi connectivity index (χ1n) is 5.63.